The Balaban J connectivity index is 1.20. The van der Waals surface area contributed by atoms with Crippen molar-refractivity contribution in [1.82, 2.24) is 19.8 Å². The van der Waals surface area contributed by atoms with E-state index in [2.05, 4.69) is 23.1 Å². The Morgan fingerprint density at radius 1 is 1.09 bits per heavy atom. The van der Waals surface area contributed by atoms with Gasteiger partial charge >= 0.3 is 12.1 Å². The molecule has 1 amide bonds. The van der Waals surface area contributed by atoms with Gasteiger partial charge in [-0.15, -0.1) is 0 Å². The second-order valence-electron chi connectivity index (χ2n) is 14.7. The van der Waals surface area contributed by atoms with Crippen molar-refractivity contribution in [2.75, 3.05) is 19.7 Å². The van der Waals surface area contributed by atoms with Crippen LogP contribution in [0.4, 0.5) is 9.18 Å². The molecule has 3 saturated heterocycles. The molecule has 2 bridgehead atoms. The number of nitrogens with zero attached hydrogens (tertiary/aromatic N) is 4. The van der Waals surface area contributed by atoms with Crippen LogP contribution in [-0.4, -0.2) is 80.1 Å². The molecule has 9 heteroatoms. The minimum absolute atomic E-state index is 0.0214. The van der Waals surface area contributed by atoms with Crippen LogP contribution in [0.2, 0.25) is 0 Å². The van der Waals surface area contributed by atoms with Gasteiger partial charge in [-0.05, 0) is 111 Å². The molecule has 4 aliphatic rings. The molecule has 3 aromatic carbocycles. The maximum atomic E-state index is 14.5. The lowest BCUT2D eigenvalue weighted by Gasteiger charge is -2.35. The Bertz CT molecular complexity index is 1920. The summed E-state index contributed by atoms with van der Waals surface area (Å²) in [5.74, 6) is 0.201. The van der Waals surface area contributed by atoms with E-state index in [4.69, 9.17) is 19.4 Å². The van der Waals surface area contributed by atoms with Crippen molar-refractivity contribution >= 4 is 33.3 Å². The highest BCUT2D eigenvalue weighted by Crippen LogP contribution is 2.43. The monoisotopic (exact) mass is 636 g/mol. The molecule has 0 spiro atoms. The first kappa shape index (κ1) is 30.1. The van der Waals surface area contributed by atoms with Crippen LogP contribution in [0, 0.1) is 0 Å². The number of phenols is 1. The molecule has 8 nitrogen and oxygen atoms in total. The highest BCUT2D eigenvalue weighted by Gasteiger charge is 2.49. The van der Waals surface area contributed by atoms with Gasteiger partial charge in [-0.2, -0.15) is 9.97 Å². The lowest BCUT2D eigenvalue weighted by molar-refractivity contribution is 0.0175. The summed E-state index contributed by atoms with van der Waals surface area (Å²) in [6, 6.07) is 17.9. The maximum absolute atomic E-state index is 14.5. The number of aromatic nitrogens is 2. The van der Waals surface area contributed by atoms with Crippen LogP contribution in [0.25, 0.3) is 38.4 Å². The number of carbonyl (C=O) groups is 1. The lowest BCUT2D eigenvalue weighted by atomic mass is 9.93. The number of halogens is 1. The molecule has 4 atom stereocenters. The number of rotatable bonds is 5. The Morgan fingerprint density at radius 2 is 1.94 bits per heavy atom. The fourth-order valence-electron chi connectivity index (χ4n) is 8.37. The summed E-state index contributed by atoms with van der Waals surface area (Å²) in [5, 5.41) is 13.5. The number of phenolic OH excluding ortho intramolecular Hbond substituents is 1. The van der Waals surface area contributed by atoms with E-state index in [1.165, 1.54) is 0 Å². The molecule has 3 fully saturated rings. The number of amides is 1. The Hall–Kier alpha value is -4.24. The zero-order valence-electron chi connectivity index (χ0n) is 27.2. The number of aromatic hydroxyl groups is 1. The Morgan fingerprint density at radius 3 is 2.77 bits per heavy atom. The van der Waals surface area contributed by atoms with Gasteiger partial charge in [-0.3, -0.25) is 9.80 Å². The molecular formula is C38H41FN4O4. The van der Waals surface area contributed by atoms with E-state index in [1.807, 2.05) is 56.0 Å². The molecule has 47 heavy (non-hydrogen) atoms. The van der Waals surface area contributed by atoms with Gasteiger partial charge in [0.15, 0.2) is 0 Å². The summed E-state index contributed by atoms with van der Waals surface area (Å²) in [6.07, 6.45) is 5.87. The second kappa shape index (κ2) is 11.2. The molecule has 5 heterocycles. The number of alkyl halides is 1. The summed E-state index contributed by atoms with van der Waals surface area (Å²) in [5.41, 5.74) is 3.54. The summed E-state index contributed by atoms with van der Waals surface area (Å²) in [6.45, 7) is 7.36. The molecule has 4 aromatic rings. The number of carbonyl (C=O) groups excluding carboxylic acids is 1. The normalized spacial score (nSPS) is 25.7. The average Bonchev–Trinajstić information content (AvgIpc) is 3.64. The predicted molar refractivity (Wildman–Crippen MR) is 180 cm³/mol. The standard InChI is InChI=1S/C38H41FN4O4/c1-37(2,3)47-36(45)43-27-10-11-28(43)16-25(15-27)34-31-12-9-24(32-19-29(44)17-23-7-4-5-8-30(23)32)18-33(31)40-35(41-34)46-22-38-13-6-14-42(38)21-26(39)20-38/h4-5,7-9,12,15,17-19,26-28,44H,6,10-11,13-14,16,20-22H2,1-3H3/t26-,27?,28?,38+/m1/s1. The van der Waals surface area contributed by atoms with Crippen LogP contribution in [0.5, 0.6) is 11.8 Å². The van der Waals surface area contributed by atoms with Gasteiger partial charge in [0.25, 0.3) is 0 Å². The summed E-state index contributed by atoms with van der Waals surface area (Å²) >= 11 is 0. The second-order valence-corrected chi connectivity index (χ2v) is 14.7. The van der Waals surface area contributed by atoms with E-state index >= 15 is 0 Å². The third-order valence-electron chi connectivity index (χ3n) is 10.4. The van der Waals surface area contributed by atoms with E-state index in [-0.39, 0.29) is 35.5 Å². The van der Waals surface area contributed by atoms with Crippen molar-refractivity contribution in [2.45, 2.75) is 88.7 Å². The molecule has 0 aliphatic carbocycles. The van der Waals surface area contributed by atoms with Crippen LogP contribution >= 0.6 is 0 Å². The first-order valence-corrected chi connectivity index (χ1v) is 16.8. The molecule has 8 rings (SSSR count). The van der Waals surface area contributed by atoms with Crippen LogP contribution in [0.3, 0.4) is 0 Å². The fourth-order valence-corrected chi connectivity index (χ4v) is 8.37. The first-order chi connectivity index (χ1) is 22.5. The van der Waals surface area contributed by atoms with Crippen LogP contribution < -0.4 is 4.74 Å². The smallest absolute Gasteiger partial charge is 0.411 e. The average molecular weight is 637 g/mol. The van der Waals surface area contributed by atoms with Crippen molar-refractivity contribution in [2.24, 2.45) is 0 Å². The predicted octanol–water partition coefficient (Wildman–Crippen LogP) is 7.67. The van der Waals surface area contributed by atoms with E-state index in [0.29, 0.717) is 26.0 Å². The molecule has 0 radical (unpaired) electrons. The molecule has 0 saturated carbocycles. The number of hydrogen-bond donors (Lipinski definition) is 1. The van der Waals surface area contributed by atoms with Crippen molar-refractivity contribution in [3.8, 4) is 22.9 Å². The zero-order chi connectivity index (χ0) is 32.5. The fraction of sp³-hybridized carbons (Fsp3) is 0.447. The van der Waals surface area contributed by atoms with Gasteiger partial charge < -0.3 is 14.6 Å². The minimum Gasteiger partial charge on any atom is -0.508 e. The minimum atomic E-state index is -0.845. The van der Waals surface area contributed by atoms with Crippen LogP contribution in [-0.2, 0) is 4.74 Å². The molecule has 244 valence electrons. The van der Waals surface area contributed by atoms with Gasteiger partial charge in [-0.1, -0.05) is 36.4 Å². The topological polar surface area (TPSA) is 88.0 Å². The van der Waals surface area contributed by atoms with Crippen molar-refractivity contribution in [1.29, 1.82) is 0 Å². The van der Waals surface area contributed by atoms with Gasteiger partial charge in [0.2, 0.25) is 0 Å². The van der Waals surface area contributed by atoms with Gasteiger partial charge in [0.1, 0.15) is 24.1 Å². The third-order valence-corrected chi connectivity index (χ3v) is 10.4. The van der Waals surface area contributed by atoms with E-state index in [9.17, 15) is 14.3 Å². The molecule has 4 aliphatic heterocycles. The van der Waals surface area contributed by atoms with Crippen LogP contribution in [0.15, 0.2) is 60.7 Å². The van der Waals surface area contributed by atoms with E-state index in [0.717, 1.165) is 76.3 Å². The van der Waals surface area contributed by atoms with Crippen molar-refractivity contribution in [3.05, 3.63) is 66.4 Å². The summed E-state index contributed by atoms with van der Waals surface area (Å²) in [7, 11) is 0. The summed E-state index contributed by atoms with van der Waals surface area (Å²) in [4.78, 5) is 27.2. The first-order valence-electron chi connectivity index (χ1n) is 16.8. The van der Waals surface area contributed by atoms with Crippen LogP contribution in [0.1, 0.15) is 65.0 Å². The SMILES string of the molecule is CC(C)(C)OC(=O)N1C2C=C(c3nc(OC[C@@]45CCCN4C[C@H](F)C5)nc4cc(-c5cc(O)cc6ccccc56)ccc34)CC1CC2. The number of fused-ring (bicyclic) bond motifs is 5. The largest absolute Gasteiger partial charge is 0.508 e. The highest BCUT2D eigenvalue weighted by atomic mass is 19.1. The maximum Gasteiger partial charge on any atom is 0.411 e. The number of hydrogen-bond acceptors (Lipinski definition) is 7. The quantitative estimate of drug-likeness (QED) is 0.241. The zero-order valence-corrected chi connectivity index (χ0v) is 27.2. The van der Waals surface area contributed by atoms with Gasteiger partial charge in [0, 0.05) is 24.4 Å². The molecule has 1 aromatic heterocycles. The van der Waals surface area contributed by atoms with E-state index < -0.39 is 11.8 Å². The Kier molecular flexibility index (Phi) is 7.17. The van der Waals surface area contributed by atoms with Gasteiger partial charge in [-0.25, -0.2) is 9.18 Å². The van der Waals surface area contributed by atoms with Crippen molar-refractivity contribution < 1.29 is 23.8 Å². The molecule has 2 unspecified atom stereocenters. The number of benzene rings is 3. The highest BCUT2D eigenvalue weighted by molar-refractivity contribution is 6.00. The van der Waals surface area contributed by atoms with E-state index in [1.54, 1.807) is 12.1 Å². The number of ether oxygens (including phenoxy) is 2. The lowest BCUT2D eigenvalue weighted by Crippen LogP contribution is -2.45. The van der Waals surface area contributed by atoms with Gasteiger partial charge in [0.05, 0.1) is 22.8 Å². The molecular weight excluding hydrogens is 595 g/mol. The van der Waals surface area contributed by atoms with Crippen molar-refractivity contribution in [3.63, 3.8) is 0 Å². The summed E-state index contributed by atoms with van der Waals surface area (Å²) < 4.78 is 26.7. The molecule has 1 N–H and O–H groups in total. The third kappa shape index (κ3) is 5.48. The Labute approximate surface area is 274 Å².